The summed E-state index contributed by atoms with van der Waals surface area (Å²) in [4.78, 5) is 27.4. The van der Waals surface area contributed by atoms with Crippen LogP contribution in [-0.4, -0.2) is 10.9 Å². The van der Waals surface area contributed by atoms with Gasteiger partial charge in [-0.15, -0.1) is 0 Å². The van der Waals surface area contributed by atoms with Crippen LogP contribution in [0.5, 0.6) is 0 Å². The number of H-pyrrole nitrogens is 1. The topological polar surface area (TPSA) is 62.0 Å². The smallest absolute Gasteiger partial charge is 0.253 e. The van der Waals surface area contributed by atoms with Gasteiger partial charge < -0.3 is 10.3 Å². The third kappa shape index (κ3) is 4.31. The molecule has 0 bridgehead atoms. The van der Waals surface area contributed by atoms with E-state index in [0.29, 0.717) is 5.56 Å². The number of rotatable bonds is 6. The number of aryl methyl sites for hydroxylation is 2. The zero-order chi connectivity index (χ0) is 16.8. The molecule has 0 unspecified atom stereocenters. The summed E-state index contributed by atoms with van der Waals surface area (Å²) in [7, 11) is 0. The van der Waals surface area contributed by atoms with E-state index in [9.17, 15) is 9.59 Å². The summed E-state index contributed by atoms with van der Waals surface area (Å²) in [5.41, 5.74) is 3.23. The molecule has 0 aliphatic carbocycles. The molecule has 0 spiro atoms. The Hall–Kier alpha value is -2.36. The van der Waals surface area contributed by atoms with Crippen LogP contribution < -0.4 is 10.9 Å². The third-order valence-corrected chi connectivity index (χ3v) is 4.03. The minimum absolute atomic E-state index is 0.0302. The van der Waals surface area contributed by atoms with Crippen molar-refractivity contribution >= 4 is 5.91 Å². The molecule has 0 fully saturated rings. The number of hydrogen-bond acceptors (Lipinski definition) is 2. The summed E-state index contributed by atoms with van der Waals surface area (Å²) >= 11 is 0. The van der Waals surface area contributed by atoms with Crippen LogP contribution in [-0.2, 0) is 11.3 Å². The van der Waals surface area contributed by atoms with Gasteiger partial charge in [-0.05, 0) is 37.5 Å². The maximum Gasteiger partial charge on any atom is 0.253 e. The zero-order valence-corrected chi connectivity index (χ0v) is 14.0. The summed E-state index contributed by atoms with van der Waals surface area (Å²) in [6.45, 7) is 6.07. The van der Waals surface area contributed by atoms with E-state index in [4.69, 9.17) is 0 Å². The number of nitrogens with one attached hydrogen (secondary N) is 2. The molecule has 1 heterocycles. The number of carbonyl (C=O) groups excluding carboxylic acids is 1. The van der Waals surface area contributed by atoms with Crippen molar-refractivity contribution in [3.05, 3.63) is 69.1 Å². The normalized spacial score (nSPS) is 12.0. The number of benzene rings is 1. The van der Waals surface area contributed by atoms with Crippen molar-refractivity contribution in [2.45, 2.75) is 46.1 Å². The fraction of sp³-hybridized carbons (Fsp3) is 0.368. The molecule has 0 saturated carbocycles. The van der Waals surface area contributed by atoms with Gasteiger partial charge in [-0.25, -0.2) is 0 Å². The van der Waals surface area contributed by atoms with Crippen molar-refractivity contribution in [2.24, 2.45) is 0 Å². The van der Waals surface area contributed by atoms with Gasteiger partial charge in [0.15, 0.2) is 0 Å². The molecule has 122 valence electrons. The second-order valence-electron chi connectivity index (χ2n) is 5.91. The minimum atomic E-state index is -0.175. The molecule has 2 rings (SSSR count). The molecule has 1 amide bonds. The third-order valence-electron chi connectivity index (χ3n) is 4.03. The number of carbonyl (C=O) groups is 1. The van der Waals surface area contributed by atoms with Gasteiger partial charge in [-0.2, -0.15) is 0 Å². The summed E-state index contributed by atoms with van der Waals surface area (Å²) in [5, 5.41) is 2.92. The fourth-order valence-electron chi connectivity index (χ4n) is 2.82. The summed E-state index contributed by atoms with van der Waals surface area (Å²) in [6, 6.07) is 11.7. The first-order chi connectivity index (χ1) is 11.0. The molecule has 1 aromatic carbocycles. The number of pyridine rings is 1. The number of amides is 1. The van der Waals surface area contributed by atoms with Gasteiger partial charge in [0.1, 0.15) is 0 Å². The minimum Gasteiger partial charge on any atom is -0.351 e. The van der Waals surface area contributed by atoms with Gasteiger partial charge in [0, 0.05) is 17.8 Å². The molecule has 1 aromatic heterocycles. The Morgan fingerprint density at radius 3 is 2.52 bits per heavy atom. The van der Waals surface area contributed by atoms with E-state index in [0.717, 1.165) is 29.7 Å². The summed E-state index contributed by atoms with van der Waals surface area (Å²) in [5.74, 6) is -0.205. The van der Waals surface area contributed by atoms with Gasteiger partial charge in [0.05, 0.1) is 5.92 Å². The lowest BCUT2D eigenvalue weighted by Gasteiger charge is -2.17. The van der Waals surface area contributed by atoms with E-state index < -0.39 is 0 Å². The van der Waals surface area contributed by atoms with Gasteiger partial charge in [-0.3, -0.25) is 9.59 Å². The van der Waals surface area contributed by atoms with Gasteiger partial charge in [0.25, 0.3) is 5.56 Å². The Kier molecular flexibility index (Phi) is 5.74. The maximum atomic E-state index is 12.6. The van der Waals surface area contributed by atoms with Crippen LogP contribution in [0.15, 0.2) is 41.2 Å². The molecule has 1 atom stereocenters. The summed E-state index contributed by atoms with van der Waals surface area (Å²) < 4.78 is 0. The lowest BCUT2D eigenvalue weighted by molar-refractivity contribution is -0.122. The highest BCUT2D eigenvalue weighted by molar-refractivity contribution is 5.83. The SMILES string of the molecule is CCC[C@@H](C(=O)NCc1c(C)cc(C)[nH]c1=O)c1ccccc1. The molecular formula is C19H24N2O2. The number of hydrogen-bond donors (Lipinski definition) is 2. The zero-order valence-electron chi connectivity index (χ0n) is 14.0. The lowest BCUT2D eigenvalue weighted by atomic mass is 9.93. The van der Waals surface area contributed by atoms with Crippen LogP contribution in [0.1, 0.15) is 48.1 Å². The maximum absolute atomic E-state index is 12.6. The predicted octanol–water partition coefficient (Wildman–Crippen LogP) is 3.19. The summed E-state index contributed by atoms with van der Waals surface area (Å²) in [6.07, 6.45) is 1.72. The van der Waals surface area contributed by atoms with Crippen LogP contribution in [0.25, 0.3) is 0 Å². The van der Waals surface area contributed by atoms with Crippen molar-refractivity contribution < 1.29 is 4.79 Å². The first kappa shape index (κ1) is 17.0. The molecule has 0 aliphatic rings. The molecule has 0 radical (unpaired) electrons. The monoisotopic (exact) mass is 312 g/mol. The Labute approximate surface area is 137 Å². The van der Waals surface area contributed by atoms with Crippen LogP contribution in [0.4, 0.5) is 0 Å². The number of aromatic nitrogens is 1. The highest BCUT2D eigenvalue weighted by Gasteiger charge is 2.19. The van der Waals surface area contributed by atoms with Gasteiger partial charge in [-0.1, -0.05) is 43.7 Å². The Morgan fingerprint density at radius 1 is 1.22 bits per heavy atom. The van der Waals surface area contributed by atoms with Crippen molar-refractivity contribution in [1.29, 1.82) is 0 Å². The van der Waals surface area contributed by atoms with Crippen LogP contribution in [0, 0.1) is 13.8 Å². The van der Waals surface area contributed by atoms with E-state index in [1.54, 1.807) is 0 Å². The highest BCUT2D eigenvalue weighted by Crippen LogP contribution is 2.21. The van der Waals surface area contributed by atoms with E-state index >= 15 is 0 Å². The Morgan fingerprint density at radius 2 is 1.91 bits per heavy atom. The first-order valence-corrected chi connectivity index (χ1v) is 8.05. The molecule has 0 aliphatic heterocycles. The molecule has 4 nitrogen and oxygen atoms in total. The second-order valence-corrected chi connectivity index (χ2v) is 5.91. The van der Waals surface area contributed by atoms with Crippen molar-refractivity contribution in [2.75, 3.05) is 0 Å². The predicted molar refractivity (Wildman–Crippen MR) is 92.5 cm³/mol. The van der Waals surface area contributed by atoms with E-state index in [1.165, 1.54) is 0 Å². The van der Waals surface area contributed by atoms with Crippen LogP contribution in [0.3, 0.4) is 0 Å². The van der Waals surface area contributed by atoms with E-state index in [-0.39, 0.29) is 23.9 Å². The molecule has 2 N–H and O–H groups in total. The van der Waals surface area contributed by atoms with Crippen molar-refractivity contribution in [1.82, 2.24) is 10.3 Å². The van der Waals surface area contributed by atoms with Crippen molar-refractivity contribution in [3.63, 3.8) is 0 Å². The average Bonchev–Trinajstić information content (AvgIpc) is 2.52. The highest BCUT2D eigenvalue weighted by atomic mass is 16.2. The van der Waals surface area contributed by atoms with Crippen LogP contribution >= 0.6 is 0 Å². The number of aromatic amines is 1. The molecule has 2 aromatic rings. The molecule has 0 saturated heterocycles. The average molecular weight is 312 g/mol. The fourth-order valence-corrected chi connectivity index (χ4v) is 2.82. The van der Waals surface area contributed by atoms with Gasteiger partial charge in [0.2, 0.25) is 5.91 Å². The molecular weight excluding hydrogens is 288 g/mol. The molecule has 23 heavy (non-hydrogen) atoms. The van der Waals surface area contributed by atoms with E-state index in [1.807, 2.05) is 50.2 Å². The quantitative estimate of drug-likeness (QED) is 0.860. The standard InChI is InChI=1S/C19H24N2O2/c1-4-8-16(15-9-6-5-7-10-15)18(22)20-12-17-13(2)11-14(3)21-19(17)23/h5-7,9-11,16H,4,8,12H2,1-3H3,(H,20,22)(H,21,23)/t16-/m1/s1. The first-order valence-electron chi connectivity index (χ1n) is 8.05. The largest absolute Gasteiger partial charge is 0.351 e. The Balaban J connectivity index is 2.13. The van der Waals surface area contributed by atoms with Crippen molar-refractivity contribution in [3.8, 4) is 0 Å². The molecule has 4 heteroatoms. The van der Waals surface area contributed by atoms with Crippen LogP contribution in [0.2, 0.25) is 0 Å². The second kappa shape index (κ2) is 7.77. The Bertz CT molecular complexity index is 720. The lowest BCUT2D eigenvalue weighted by Crippen LogP contribution is -2.31. The van der Waals surface area contributed by atoms with Gasteiger partial charge >= 0.3 is 0 Å². The van der Waals surface area contributed by atoms with E-state index in [2.05, 4.69) is 17.2 Å².